The molecule has 0 unspecified atom stereocenters. The zero-order chi connectivity index (χ0) is 7.72. The standard InChI is InChI=1S/C8H15FO/c1-4-7-5(2)8(9)6(3)10-7/h5-8H,4H2,1-3H3/t5-,6-,7-,8+/m1/s1. The van der Waals surface area contributed by atoms with Crippen LogP contribution in [0.4, 0.5) is 4.39 Å². The fourth-order valence-corrected chi connectivity index (χ4v) is 1.58. The molecule has 0 spiro atoms. The Labute approximate surface area is 61.6 Å². The molecule has 60 valence electrons. The third-order valence-corrected chi connectivity index (χ3v) is 2.33. The van der Waals surface area contributed by atoms with Crippen LogP contribution in [-0.2, 0) is 4.74 Å². The van der Waals surface area contributed by atoms with E-state index in [0.29, 0.717) is 0 Å². The van der Waals surface area contributed by atoms with Crippen molar-refractivity contribution < 1.29 is 9.13 Å². The van der Waals surface area contributed by atoms with Gasteiger partial charge in [0.25, 0.3) is 0 Å². The predicted octanol–water partition coefficient (Wildman–Crippen LogP) is 2.16. The molecule has 1 rings (SSSR count). The quantitative estimate of drug-likeness (QED) is 0.550. The fourth-order valence-electron chi connectivity index (χ4n) is 1.58. The lowest BCUT2D eigenvalue weighted by atomic mass is 9.99. The fraction of sp³-hybridized carbons (Fsp3) is 1.00. The van der Waals surface area contributed by atoms with Crippen molar-refractivity contribution in [3.8, 4) is 0 Å². The molecule has 4 atom stereocenters. The van der Waals surface area contributed by atoms with E-state index < -0.39 is 6.17 Å². The van der Waals surface area contributed by atoms with E-state index in [4.69, 9.17) is 4.74 Å². The molecule has 0 aromatic heterocycles. The van der Waals surface area contributed by atoms with Crippen LogP contribution < -0.4 is 0 Å². The second-order valence-electron chi connectivity index (χ2n) is 3.09. The first-order chi connectivity index (χ1) is 4.66. The van der Waals surface area contributed by atoms with Crippen molar-refractivity contribution >= 4 is 0 Å². The number of alkyl halides is 1. The van der Waals surface area contributed by atoms with Gasteiger partial charge >= 0.3 is 0 Å². The van der Waals surface area contributed by atoms with Gasteiger partial charge in [-0.05, 0) is 13.3 Å². The SMILES string of the molecule is CC[C@H]1O[C@H](C)[C@@H](F)[C@@H]1C. The molecule has 2 heteroatoms. The first-order valence-electron chi connectivity index (χ1n) is 3.96. The van der Waals surface area contributed by atoms with E-state index in [1.165, 1.54) is 0 Å². The molecule has 0 aromatic rings. The van der Waals surface area contributed by atoms with Gasteiger partial charge in [0.1, 0.15) is 6.17 Å². The van der Waals surface area contributed by atoms with E-state index in [1.807, 2.05) is 13.8 Å². The van der Waals surface area contributed by atoms with E-state index in [9.17, 15) is 4.39 Å². The second kappa shape index (κ2) is 2.87. The van der Waals surface area contributed by atoms with Crippen molar-refractivity contribution in [1.29, 1.82) is 0 Å². The van der Waals surface area contributed by atoms with Gasteiger partial charge in [-0.15, -0.1) is 0 Å². The van der Waals surface area contributed by atoms with Gasteiger partial charge in [0, 0.05) is 5.92 Å². The molecule has 0 aromatic carbocycles. The zero-order valence-electron chi connectivity index (χ0n) is 6.80. The van der Waals surface area contributed by atoms with Gasteiger partial charge in [-0.25, -0.2) is 4.39 Å². The Morgan fingerprint density at radius 1 is 1.40 bits per heavy atom. The van der Waals surface area contributed by atoms with E-state index in [2.05, 4.69) is 0 Å². The minimum Gasteiger partial charge on any atom is -0.372 e. The minimum atomic E-state index is -0.759. The van der Waals surface area contributed by atoms with Gasteiger partial charge in [-0.1, -0.05) is 13.8 Å². The highest BCUT2D eigenvalue weighted by Crippen LogP contribution is 2.30. The van der Waals surface area contributed by atoms with Gasteiger partial charge in [-0.3, -0.25) is 0 Å². The summed E-state index contributed by atoms with van der Waals surface area (Å²) in [6.07, 6.45) is 0.112. The summed E-state index contributed by atoms with van der Waals surface area (Å²) in [6.45, 7) is 5.76. The molecule has 1 fully saturated rings. The Morgan fingerprint density at radius 2 is 2.00 bits per heavy atom. The van der Waals surface area contributed by atoms with Gasteiger partial charge in [-0.2, -0.15) is 0 Å². The monoisotopic (exact) mass is 146 g/mol. The molecule has 1 aliphatic heterocycles. The molecule has 1 saturated heterocycles. The number of hydrogen-bond acceptors (Lipinski definition) is 1. The van der Waals surface area contributed by atoms with E-state index in [-0.39, 0.29) is 18.1 Å². The van der Waals surface area contributed by atoms with E-state index in [1.54, 1.807) is 6.92 Å². The van der Waals surface area contributed by atoms with E-state index >= 15 is 0 Å². The molecule has 10 heavy (non-hydrogen) atoms. The Balaban J connectivity index is 2.53. The Kier molecular flexibility index (Phi) is 2.29. The lowest BCUT2D eigenvalue weighted by molar-refractivity contribution is 0.0349. The van der Waals surface area contributed by atoms with Crippen LogP contribution in [0.5, 0.6) is 0 Å². The molecule has 0 aliphatic carbocycles. The summed E-state index contributed by atoms with van der Waals surface area (Å²) >= 11 is 0. The van der Waals surface area contributed by atoms with Crippen LogP contribution in [0.15, 0.2) is 0 Å². The normalized spacial score (nSPS) is 48.0. The number of rotatable bonds is 1. The summed E-state index contributed by atoms with van der Waals surface area (Å²) in [5, 5.41) is 0. The van der Waals surface area contributed by atoms with Crippen LogP contribution in [0.2, 0.25) is 0 Å². The average molecular weight is 146 g/mol. The maximum absolute atomic E-state index is 13.0. The molecule has 1 nitrogen and oxygen atoms in total. The lowest BCUT2D eigenvalue weighted by Gasteiger charge is -2.10. The molecule has 0 radical (unpaired) electrons. The number of halogens is 1. The van der Waals surface area contributed by atoms with Crippen molar-refractivity contribution in [2.75, 3.05) is 0 Å². The van der Waals surface area contributed by atoms with Gasteiger partial charge in [0.05, 0.1) is 12.2 Å². The Morgan fingerprint density at radius 3 is 2.20 bits per heavy atom. The molecular formula is C8H15FO. The summed E-state index contributed by atoms with van der Waals surface area (Å²) < 4.78 is 18.4. The summed E-state index contributed by atoms with van der Waals surface area (Å²) in [7, 11) is 0. The van der Waals surface area contributed by atoms with Crippen molar-refractivity contribution in [3.63, 3.8) is 0 Å². The van der Waals surface area contributed by atoms with Crippen molar-refractivity contribution in [3.05, 3.63) is 0 Å². The number of ether oxygens (including phenoxy) is 1. The van der Waals surface area contributed by atoms with Crippen molar-refractivity contribution in [2.45, 2.75) is 45.6 Å². The maximum atomic E-state index is 13.0. The zero-order valence-corrected chi connectivity index (χ0v) is 6.80. The molecule has 0 N–H and O–H groups in total. The molecule has 1 heterocycles. The third kappa shape index (κ3) is 1.17. The maximum Gasteiger partial charge on any atom is 0.131 e. The van der Waals surface area contributed by atoms with Crippen LogP contribution in [0.3, 0.4) is 0 Å². The van der Waals surface area contributed by atoms with Crippen molar-refractivity contribution in [2.24, 2.45) is 5.92 Å². The third-order valence-electron chi connectivity index (χ3n) is 2.33. The first kappa shape index (κ1) is 7.99. The summed E-state index contributed by atoms with van der Waals surface area (Å²) in [5.74, 6) is 0.0833. The summed E-state index contributed by atoms with van der Waals surface area (Å²) in [6, 6.07) is 0. The highest BCUT2D eigenvalue weighted by Gasteiger charge is 2.38. The smallest absolute Gasteiger partial charge is 0.131 e. The topological polar surface area (TPSA) is 9.23 Å². The largest absolute Gasteiger partial charge is 0.372 e. The predicted molar refractivity (Wildman–Crippen MR) is 38.7 cm³/mol. The lowest BCUT2D eigenvalue weighted by Crippen LogP contribution is -2.18. The molecular weight excluding hydrogens is 131 g/mol. The van der Waals surface area contributed by atoms with Gasteiger partial charge in [0.2, 0.25) is 0 Å². The minimum absolute atomic E-state index is 0.0833. The van der Waals surface area contributed by atoms with Crippen molar-refractivity contribution in [1.82, 2.24) is 0 Å². The molecule has 0 saturated carbocycles. The highest BCUT2D eigenvalue weighted by molar-refractivity contribution is 4.84. The second-order valence-corrected chi connectivity index (χ2v) is 3.09. The molecule has 1 aliphatic rings. The molecule has 0 amide bonds. The molecule has 0 bridgehead atoms. The highest BCUT2D eigenvalue weighted by atomic mass is 19.1. The Bertz CT molecular complexity index is 116. The van der Waals surface area contributed by atoms with Crippen LogP contribution in [-0.4, -0.2) is 18.4 Å². The summed E-state index contributed by atoms with van der Waals surface area (Å²) in [4.78, 5) is 0. The summed E-state index contributed by atoms with van der Waals surface area (Å²) in [5.41, 5.74) is 0. The van der Waals surface area contributed by atoms with Crippen LogP contribution >= 0.6 is 0 Å². The van der Waals surface area contributed by atoms with Gasteiger partial charge in [0.15, 0.2) is 0 Å². The van der Waals surface area contributed by atoms with Crippen LogP contribution in [0.25, 0.3) is 0 Å². The van der Waals surface area contributed by atoms with Crippen LogP contribution in [0, 0.1) is 5.92 Å². The Hall–Kier alpha value is -0.110. The van der Waals surface area contributed by atoms with Gasteiger partial charge < -0.3 is 4.74 Å². The first-order valence-corrected chi connectivity index (χ1v) is 3.96. The average Bonchev–Trinajstić information content (AvgIpc) is 2.17. The number of hydrogen-bond donors (Lipinski definition) is 0. The van der Waals surface area contributed by atoms with Crippen LogP contribution in [0.1, 0.15) is 27.2 Å². The van der Waals surface area contributed by atoms with E-state index in [0.717, 1.165) is 6.42 Å².